The van der Waals surface area contributed by atoms with Crippen molar-refractivity contribution in [2.24, 2.45) is 5.92 Å². The molecule has 0 aliphatic carbocycles. The molecule has 3 amide bonds. The highest BCUT2D eigenvalue weighted by Crippen LogP contribution is 2.29. The van der Waals surface area contributed by atoms with E-state index in [1.165, 1.54) is 24.6 Å². The number of benzene rings is 2. The van der Waals surface area contributed by atoms with Crippen LogP contribution in [0.5, 0.6) is 5.75 Å². The molecule has 0 bridgehead atoms. The second kappa shape index (κ2) is 28.0. The van der Waals surface area contributed by atoms with Crippen LogP contribution >= 0.6 is 0 Å². The minimum atomic E-state index is -2.87. The number of hydrogen-bond acceptors (Lipinski definition) is 12. The van der Waals surface area contributed by atoms with Crippen LogP contribution in [0.25, 0.3) is 0 Å². The van der Waals surface area contributed by atoms with E-state index >= 15 is 0 Å². The summed E-state index contributed by atoms with van der Waals surface area (Å²) < 4.78 is 21.3. The number of carbonyl (C=O) groups excluding carboxylic acids is 7. The molecule has 0 spiro atoms. The summed E-state index contributed by atoms with van der Waals surface area (Å²) in [6, 6.07) is 11.6. The van der Waals surface area contributed by atoms with Crippen LogP contribution in [-0.2, 0) is 44.6 Å². The van der Waals surface area contributed by atoms with Crippen molar-refractivity contribution in [2.75, 3.05) is 27.1 Å². The fourth-order valence-corrected chi connectivity index (χ4v) is 6.94. The number of unbranched alkanes of at least 4 members (excludes halogenated alkanes) is 9. The monoisotopic (exact) mass is 872 g/mol. The first-order valence-corrected chi connectivity index (χ1v) is 22.1. The number of imide groups is 1. The maximum Gasteiger partial charge on any atom is 0.339 e. The van der Waals surface area contributed by atoms with Crippen molar-refractivity contribution in [1.29, 1.82) is 0 Å². The molecule has 1 heterocycles. The van der Waals surface area contributed by atoms with Crippen molar-refractivity contribution in [2.45, 2.75) is 135 Å². The summed E-state index contributed by atoms with van der Waals surface area (Å²) >= 11 is 0. The van der Waals surface area contributed by atoms with Gasteiger partial charge in [-0.2, -0.15) is 0 Å². The Labute approximate surface area is 371 Å². The number of rotatable bonds is 30. The van der Waals surface area contributed by atoms with Gasteiger partial charge in [-0.15, -0.1) is 5.92 Å². The van der Waals surface area contributed by atoms with Gasteiger partial charge < -0.3 is 29.4 Å². The molecule has 1 aliphatic rings. The van der Waals surface area contributed by atoms with E-state index in [0.717, 1.165) is 57.0 Å². The molecule has 0 saturated carbocycles. The van der Waals surface area contributed by atoms with Crippen LogP contribution in [0.1, 0.15) is 143 Å². The van der Waals surface area contributed by atoms with Crippen LogP contribution in [-0.4, -0.2) is 90.1 Å². The fraction of sp³-hybridized carbons (Fsp3) is 0.531. The average molecular weight is 873 g/mol. The van der Waals surface area contributed by atoms with Gasteiger partial charge in [0, 0.05) is 19.3 Å². The normalized spacial score (nSPS) is 13.9. The number of allylic oxidation sites excluding steroid dienone is 1. The van der Waals surface area contributed by atoms with Crippen LogP contribution in [0.15, 0.2) is 60.7 Å². The van der Waals surface area contributed by atoms with Crippen LogP contribution in [0.4, 0.5) is 0 Å². The number of ether oxygens (including phenoxy) is 4. The number of nitrogens with one attached hydrogen (secondary N) is 1. The second-order valence-electron chi connectivity index (χ2n) is 15.5. The summed E-state index contributed by atoms with van der Waals surface area (Å²) in [7, 11) is 1.15. The smallest absolute Gasteiger partial charge is 0.339 e. The molecule has 63 heavy (non-hydrogen) atoms. The van der Waals surface area contributed by atoms with Gasteiger partial charge in [0.25, 0.3) is 11.8 Å². The van der Waals surface area contributed by atoms with Gasteiger partial charge in [-0.3, -0.25) is 24.0 Å². The Morgan fingerprint density at radius 1 is 0.825 bits per heavy atom. The Morgan fingerprint density at radius 3 is 2.05 bits per heavy atom. The van der Waals surface area contributed by atoms with Gasteiger partial charge in [0.2, 0.25) is 5.91 Å². The second-order valence-corrected chi connectivity index (χ2v) is 15.5. The Balaban J connectivity index is 1.82. The van der Waals surface area contributed by atoms with Crippen LogP contribution in [0.3, 0.4) is 0 Å². The van der Waals surface area contributed by atoms with E-state index in [2.05, 4.69) is 24.1 Å². The molecule has 1 aliphatic heterocycles. The molecule has 2 aromatic carbocycles. The van der Waals surface area contributed by atoms with Crippen LogP contribution < -0.4 is 10.1 Å². The Bertz CT molecular complexity index is 1900. The maximum absolute atomic E-state index is 14.3. The van der Waals surface area contributed by atoms with E-state index in [1.807, 2.05) is 6.92 Å². The molecule has 0 unspecified atom stereocenters. The maximum atomic E-state index is 14.3. The Kier molecular flexibility index (Phi) is 22.9. The summed E-state index contributed by atoms with van der Waals surface area (Å²) in [5, 5.41) is 14.9. The molecule has 3 atom stereocenters. The number of amides is 3. The van der Waals surface area contributed by atoms with Crippen molar-refractivity contribution in [3.05, 3.63) is 77.4 Å². The van der Waals surface area contributed by atoms with E-state index in [-0.39, 0.29) is 36.5 Å². The van der Waals surface area contributed by atoms with Crippen molar-refractivity contribution in [1.82, 2.24) is 10.2 Å². The van der Waals surface area contributed by atoms with Crippen LogP contribution in [0.2, 0.25) is 0 Å². The molecule has 2 aromatic rings. The molecule has 2 N–H and O–H groups in total. The van der Waals surface area contributed by atoms with E-state index in [4.69, 9.17) is 18.9 Å². The average Bonchev–Trinajstić information content (AvgIpc) is 3.52. The van der Waals surface area contributed by atoms with E-state index in [1.54, 1.807) is 49.4 Å². The summed E-state index contributed by atoms with van der Waals surface area (Å²) in [4.78, 5) is 93.7. The van der Waals surface area contributed by atoms with Crippen molar-refractivity contribution >= 4 is 41.4 Å². The summed E-state index contributed by atoms with van der Waals surface area (Å²) in [6.45, 7) is 4.95. The lowest BCUT2D eigenvalue weighted by Gasteiger charge is -2.32. The quantitative estimate of drug-likeness (QED) is 0.0205. The number of ketones is 1. The van der Waals surface area contributed by atoms with Crippen molar-refractivity contribution in [3.63, 3.8) is 0 Å². The number of carbonyl (C=O) groups is 7. The van der Waals surface area contributed by atoms with Gasteiger partial charge in [0.15, 0.2) is 12.3 Å². The molecule has 0 saturated heterocycles. The Hall–Kier alpha value is -5.81. The lowest BCUT2D eigenvalue weighted by atomic mass is 9.82. The molecule has 0 fully saturated rings. The molecule has 0 aromatic heterocycles. The van der Waals surface area contributed by atoms with Gasteiger partial charge in [-0.1, -0.05) is 101 Å². The lowest BCUT2D eigenvalue weighted by molar-refractivity contribution is -0.179. The highest BCUT2D eigenvalue weighted by Gasteiger charge is 2.51. The predicted molar refractivity (Wildman–Crippen MR) is 235 cm³/mol. The van der Waals surface area contributed by atoms with Gasteiger partial charge in [0.1, 0.15) is 24.2 Å². The molecular weight excluding hydrogens is 809 g/mol. The third-order valence-corrected chi connectivity index (χ3v) is 10.6. The minimum absolute atomic E-state index is 0.0487. The zero-order chi connectivity index (χ0) is 46.0. The van der Waals surface area contributed by atoms with Gasteiger partial charge in [-0.05, 0) is 68.9 Å². The first-order valence-electron chi connectivity index (χ1n) is 22.1. The fourth-order valence-electron chi connectivity index (χ4n) is 6.94. The Morgan fingerprint density at radius 2 is 1.44 bits per heavy atom. The zero-order valence-electron chi connectivity index (χ0n) is 37.2. The third-order valence-electron chi connectivity index (χ3n) is 10.6. The number of esters is 3. The standard InChI is InChI=1S/C49H64N2O12/c1-5-8-11-14-17-22-37(52)23-18-15-12-13-16-19-26-41(44(54)50-42(47(57)60-4)33-36-27-29-38(30-28-36)61-31-9-6-2)49(59,48(58)62-32-10-7-3)34-43(53)63-35-51-45(55)39-24-20-21-25-40(39)46(51)56/h19-21,24-30,41-42,59H,5,7-8,10-18,22-23,31-35H2,1-4H3,(H,50,54)/b26-19+/t41-,42+,49+/m1/s1. The summed E-state index contributed by atoms with van der Waals surface area (Å²) in [5.74, 6) is -1.12. The van der Waals surface area contributed by atoms with Crippen LogP contribution in [0, 0.1) is 17.8 Å². The highest BCUT2D eigenvalue weighted by atomic mass is 16.6. The van der Waals surface area contributed by atoms with Gasteiger partial charge in [-0.25, -0.2) is 14.5 Å². The zero-order valence-corrected chi connectivity index (χ0v) is 37.2. The van der Waals surface area contributed by atoms with Gasteiger partial charge >= 0.3 is 17.9 Å². The van der Waals surface area contributed by atoms with E-state index in [9.17, 15) is 38.7 Å². The molecule has 0 radical (unpaired) electrons. The molecule has 14 heteroatoms. The number of methoxy groups -OCH3 is 1. The lowest BCUT2D eigenvalue weighted by Crippen LogP contribution is -2.56. The highest BCUT2D eigenvalue weighted by molar-refractivity contribution is 6.21. The number of hydrogen-bond donors (Lipinski definition) is 2. The number of fused-ring (bicyclic) bond motifs is 1. The molecular formula is C49H64N2O12. The number of Topliss-reactive ketones (excluding diaryl/α,β-unsaturated/α-hetero) is 1. The predicted octanol–water partition coefficient (Wildman–Crippen LogP) is 6.99. The third kappa shape index (κ3) is 16.8. The summed E-state index contributed by atoms with van der Waals surface area (Å²) in [5.41, 5.74) is -1.99. The van der Waals surface area contributed by atoms with Crippen molar-refractivity contribution < 1.29 is 57.6 Å². The largest absolute Gasteiger partial charge is 0.481 e. The minimum Gasteiger partial charge on any atom is -0.481 e. The van der Waals surface area contributed by atoms with E-state index in [0.29, 0.717) is 49.8 Å². The van der Waals surface area contributed by atoms with Crippen molar-refractivity contribution in [3.8, 4) is 17.6 Å². The molecule has 14 nitrogen and oxygen atoms in total. The van der Waals surface area contributed by atoms with E-state index < -0.39 is 66.3 Å². The number of nitrogens with zero attached hydrogens (tertiary/aromatic N) is 1. The first kappa shape index (κ1) is 51.5. The SMILES string of the molecule is CC#CCOc1ccc(C[C@H](NC(=O)[C@@H](/C=C/CCCCCCC(=O)CCCCCCC)[C@@](O)(CC(=O)OCN2C(=O)c3ccccc3C2=O)C(=O)OCCCC)C(=O)OC)cc1. The first-order chi connectivity index (χ1) is 30.4. The topological polar surface area (TPSA) is 192 Å². The molecule has 3 rings (SSSR count). The summed E-state index contributed by atoms with van der Waals surface area (Å²) in [6.07, 6.45) is 12.8. The number of aliphatic hydroxyl groups is 1. The van der Waals surface area contributed by atoms with Gasteiger partial charge in [0.05, 0.1) is 37.2 Å². The molecule has 342 valence electrons.